The molecule has 21 heavy (non-hydrogen) atoms. The SMILES string of the molecule is CCCC1CCC(CNCC)(OCC2CCOCC2)CC1. The maximum atomic E-state index is 6.52. The Bertz CT molecular complexity index is 268. The number of hydrogen-bond acceptors (Lipinski definition) is 3. The topological polar surface area (TPSA) is 30.5 Å². The van der Waals surface area contributed by atoms with Gasteiger partial charge in [-0.1, -0.05) is 26.7 Å². The molecular weight excluding hydrogens is 262 g/mol. The minimum Gasteiger partial charge on any atom is -0.381 e. The van der Waals surface area contributed by atoms with Crippen molar-refractivity contribution in [2.24, 2.45) is 11.8 Å². The summed E-state index contributed by atoms with van der Waals surface area (Å²) in [6, 6.07) is 0. The minimum absolute atomic E-state index is 0.110. The molecular formula is C18H35NO2. The Morgan fingerprint density at radius 1 is 1.05 bits per heavy atom. The summed E-state index contributed by atoms with van der Waals surface area (Å²) in [6.45, 7) is 9.36. The molecule has 0 bridgehead atoms. The number of hydrogen-bond donors (Lipinski definition) is 1. The van der Waals surface area contributed by atoms with Crippen LogP contribution in [0.1, 0.15) is 65.2 Å². The Balaban J connectivity index is 1.81. The third-order valence-electron chi connectivity index (χ3n) is 5.38. The Morgan fingerprint density at radius 3 is 2.38 bits per heavy atom. The number of likely N-dealkylation sites (N-methyl/N-ethyl adjacent to an activating group) is 1. The van der Waals surface area contributed by atoms with Crippen molar-refractivity contribution < 1.29 is 9.47 Å². The van der Waals surface area contributed by atoms with Gasteiger partial charge in [0.15, 0.2) is 0 Å². The molecule has 2 fully saturated rings. The van der Waals surface area contributed by atoms with Crippen molar-refractivity contribution >= 4 is 0 Å². The molecule has 0 atom stereocenters. The van der Waals surface area contributed by atoms with Gasteiger partial charge < -0.3 is 14.8 Å². The lowest BCUT2D eigenvalue weighted by Gasteiger charge is -2.41. The van der Waals surface area contributed by atoms with Gasteiger partial charge in [0.25, 0.3) is 0 Å². The summed E-state index contributed by atoms with van der Waals surface area (Å²) >= 11 is 0. The van der Waals surface area contributed by atoms with Crippen LogP contribution in [0, 0.1) is 11.8 Å². The first kappa shape index (κ1) is 17.2. The van der Waals surface area contributed by atoms with Gasteiger partial charge in [-0.25, -0.2) is 0 Å². The molecule has 3 nitrogen and oxygen atoms in total. The summed E-state index contributed by atoms with van der Waals surface area (Å²) in [5.41, 5.74) is 0.110. The molecule has 1 saturated carbocycles. The van der Waals surface area contributed by atoms with Crippen molar-refractivity contribution in [1.82, 2.24) is 5.32 Å². The molecule has 0 aromatic heterocycles. The van der Waals surface area contributed by atoms with Crippen molar-refractivity contribution in [3.05, 3.63) is 0 Å². The second-order valence-corrected chi connectivity index (χ2v) is 7.06. The van der Waals surface area contributed by atoms with Gasteiger partial charge in [-0.05, 0) is 56.9 Å². The van der Waals surface area contributed by atoms with Gasteiger partial charge in [0.05, 0.1) is 12.2 Å². The van der Waals surface area contributed by atoms with Crippen molar-refractivity contribution in [2.75, 3.05) is 32.9 Å². The molecule has 1 heterocycles. The highest BCUT2D eigenvalue weighted by molar-refractivity contribution is 4.89. The van der Waals surface area contributed by atoms with Crippen LogP contribution < -0.4 is 5.32 Å². The van der Waals surface area contributed by atoms with Crippen LogP contribution in [0.2, 0.25) is 0 Å². The average molecular weight is 297 g/mol. The largest absolute Gasteiger partial charge is 0.381 e. The van der Waals surface area contributed by atoms with Crippen LogP contribution >= 0.6 is 0 Å². The van der Waals surface area contributed by atoms with Gasteiger partial charge in [0.1, 0.15) is 0 Å². The van der Waals surface area contributed by atoms with Gasteiger partial charge in [0, 0.05) is 19.8 Å². The highest BCUT2D eigenvalue weighted by atomic mass is 16.5. The normalized spacial score (nSPS) is 31.4. The Kier molecular flexibility index (Phi) is 7.48. The van der Waals surface area contributed by atoms with Crippen molar-refractivity contribution in [3.63, 3.8) is 0 Å². The fraction of sp³-hybridized carbons (Fsp3) is 1.00. The summed E-state index contributed by atoms with van der Waals surface area (Å²) < 4.78 is 12.0. The second kappa shape index (κ2) is 9.12. The molecule has 2 aliphatic rings. The van der Waals surface area contributed by atoms with Crippen molar-refractivity contribution in [1.29, 1.82) is 0 Å². The maximum absolute atomic E-state index is 6.52. The predicted molar refractivity (Wildman–Crippen MR) is 87.6 cm³/mol. The second-order valence-electron chi connectivity index (χ2n) is 7.06. The van der Waals surface area contributed by atoms with E-state index in [9.17, 15) is 0 Å². The number of ether oxygens (including phenoxy) is 2. The molecule has 2 rings (SSSR count). The van der Waals surface area contributed by atoms with Gasteiger partial charge in [-0.3, -0.25) is 0 Å². The monoisotopic (exact) mass is 297 g/mol. The van der Waals surface area contributed by atoms with E-state index >= 15 is 0 Å². The van der Waals surface area contributed by atoms with Crippen molar-refractivity contribution in [2.45, 2.75) is 70.8 Å². The average Bonchev–Trinajstić information content (AvgIpc) is 2.54. The first-order valence-corrected chi connectivity index (χ1v) is 9.20. The molecule has 0 aromatic rings. The molecule has 0 unspecified atom stereocenters. The highest BCUT2D eigenvalue weighted by Crippen LogP contribution is 2.37. The molecule has 0 radical (unpaired) electrons. The Labute approximate surface area is 131 Å². The highest BCUT2D eigenvalue weighted by Gasteiger charge is 2.36. The molecule has 3 heteroatoms. The third kappa shape index (κ3) is 5.54. The quantitative estimate of drug-likeness (QED) is 0.740. The van der Waals surface area contributed by atoms with Crippen LogP contribution in [0.3, 0.4) is 0 Å². The van der Waals surface area contributed by atoms with E-state index in [4.69, 9.17) is 9.47 Å². The fourth-order valence-corrected chi connectivity index (χ4v) is 3.83. The Morgan fingerprint density at radius 2 is 1.76 bits per heavy atom. The van der Waals surface area contributed by atoms with Gasteiger partial charge in [-0.15, -0.1) is 0 Å². The van der Waals surface area contributed by atoms with Crippen LogP contribution in [0.25, 0.3) is 0 Å². The molecule has 1 aliphatic carbocycles. The lowest BCUT2D eigenvalue weighted by atomic mass is 9.77. The summed E-state index contributed by atoms with van der Waals surface area (Å²) in [5, 5.41) is 3.54. The van der Waals surface area contributed by atoms with E-state index in [2.05, 4.69) is 19.2 Å². The molecule has 1 N–H and O–H groups in total. The zero-order valence-electron chi connectivity index (χ0n) is 14.2. The standard InChI is InChI=1S/C18H35NO2/c1-3-5-16-6-10-18(11-7-16,15-19-4-2)21-14-17-8-12-20-13-9-17/h16-17,19H,3-15H2,1-2H3. The Hall–Kier alpha value is -0.120. The van der Waals surface area contributed by atoms with Gasteiger partial charge in [0.2, 0.25) is 0 Å². The summed E-state index contributed by atoms with van der Waals surface area (Å²) in [4.78, 5) is 0. The van der Waals surface area contributed by atoms with E-state index in [0.29, 0.717) is 5.92 Å². The molecule has 0 amide bonds. The first-order chi connectivity index (χ1) is 10.3. The summed E-state index contributed by atoms with van der Waals surface area (Å²) in [6.07, 6.45) is 10.3. The number of rotatable bonds is 8. The van der Waals surface area contributed by atoms with Gasteiger partial charge in [-0.2, -0.15) is 0 Å². The first-order valence-electron chi connectivity index (χ1n) is 9.20. The van der Waals surface area contributed by atoms with Crippen LogP contribution in [0.15, 0.2) is 0 Å². The molecule has 1 saturated heterocycles. The lowest BCUT2D eigenvalue weighted by molar-refractivity contribution is -0.0991. The van der Waals surface area contributed by atoms with E-state index in [1.165, 1.54) is 51.4 Å². The van der Waals surface area contributed by atoms with E-state index < -0.39 is 0 Å². The fourth-order valence-electron chi connectivity index (χ4n) is 3.83. The summed E-state index contributed by atoms with van der Waals surface area (Å²) in [7, 11) is 0. The van der Waals surface area contributed by atoms with Gasteiger partial charge >= 0.3 is 0 Å². The predicted octanol–water partition coefficient (Wildman–Crippen LogP) is 3.77. The van der Waals surface area contributed by atoms with E-state index in [-0.39, 0.29) is 5.60 Å². The molecule has 124 valence electrons. The molecule has 0 aromatic carbocycles. The summed E-state index contributed by atoms with van der Waals surface area (Å²) in [5.74, 6) is 1.65. The zero-order valence-corrected chi connectivity index (χ0v) is 14.2. The number of nitrogens with one attached hydrogen (secondary N) is 1. The zero-order chi connectivity index (χ0) is 15.0. The van der Waals surface area contributed by atoms with E-state index in [0.717, 1.165) is 38.8 Å². The van der Waals surface area contributed by atoms with Crippen LogP contribution in [0.5, 0.6) is 0 Å². The van der Waals surface area contributed by atoms with E-state index in [1.54, 1.807) is 0 Å². The third-order valence-corrected chi connectivity index (χ3v) is 5.38. The minimum atomic E-state index is 0.110. The smallest absolute Gasteiger partial charge is 0.0806 e. The van der Waals surface area contributed by atoms with Crippen molar-refractivity contribution in [3.8, 4) is 0 Å². The molecule has 0 spiro atoms. The van der Waals surface area contributed by atoms with E-state index in [1.807, 2.05) is 0 Å². The van der Waals surface area contributed by atoms with Crippen LogP contribution in [-0.4, -0.2) is 38.5 Å². The lowest BCUT2D eigenvalue weighted by Crippen LogP contribution is -2.47. The van der Waals surface area contributed by atoms with Crippen LogP contribution in [-0.2, 0) is 9.47 Å². The maximum Gasteiger partial charge on any atom is 0.0806 e. The van der Waals surface area contributed by atoms with Crippen LogP contribution in [0.4, 0.5) is 0 Å². The molecule has 1 aliphatic heterocycles.